The van der Waals surface area contributed by atoms with Gasteiger partial charge in [-0.1, -0.05) is 23.4 Å². The minimum absolute atomic E-state index is 0.131. The number of fused-ring (bicyclic) bond motifs is 1. The van der Waals surface area contributed by atoms with Crippen LogP contribution in [0.3, 0.4) is 0 Å². The standard InChI is InChI=1S/C14H17N3O3S/c1-9-14(10(2)20-16-9)21(18,19)17-8-12(15)7-11-5-3-4-6-13(11)17/h3-6,12H,7-8,15H2,1-2H3. The Balaban J connectivity index is 2.16. The lowest BCUT2D eigenvalue weighted by atomic mass is 10.0. The van der Waals surface area contributed by atoms with Crippen LogP contribution < -0.4 is 10.0 Å². The number of nitrogens with zero attached hydrogens (tertiary/aromatic N) is 2. The quantitative estimate of drug-likeness (QED) is 0.905. The highest BCUT2D eigenvalue weighted by Crippen LogP contribution is 2.33. The summed E-state index contributed by atoms with van der Waals surface area (Å²) in [5.41, 5.74) is 8.00. The summed E-state index contributed by atoms with van der Waals surface area (Å²) in [7, 11) is -3.73. The van der Waals surface area contributed by atoms with Crippen molar-refractivity contribution in [1.29, 1.82) is 0 Å². The van der Waals surface area contributed by atoms with E-state index < -0.39 is 10.0 Å². The third-order valence-corrected chi connectivity index (χ3v) is 5.68. The number of para-hydroxylation sites is 1. The summed E-state index contributed by atoms with van der Waals surface area (Å²) in [6.07, 6.45) is 0.670. The number of anilines is 1. The van der Waals surface area contributed by atoms with Crippen molar-refractivity contribution >= 4 is 15.7 Å². The summed E-state index contributed by atoms with van der Waals surface area (Å²) in [5, 5.41) is 3.74. The maximum atomic E-state index is 13.0. The first-order valence-corrected chi connectivity index (χ1v) is 8.14. The zero-order valence-corrected chi connectivity index (χ0v) is 12.7. The summed E-state index contributed by atoms with van der Waals surface area (Å²) in [5.74, 6) is 0.295. The third kappa shape index (κ3) is 2.22. The number of nitrogens with two attached hydrogens (primary N) is 1. The van der Waals surface area contributed by atoms with Gasteiger partial charge in [0.1, 0.15) is 5.69 Å². The highest BCUT2D eigenvalue weighted by molar-refractivity contribution is 7.93. The van der Waals surface area contributed by atoms with Crippen LogP contribution in [0.25, 0.3) is 0 Å². The van der Waals surface area contributed by atoms with Gasteiger partial charge in [-0.3, -0.25) is 4.31 Å². The second-order valence-corrected chi connectivity index (χ2v) is 7.08. The predicted molar refractivity (Wildman–Crippen MR) is 78.6 cm³/mol. The second-order valence-electron chi connectivity index (χ2n) is 5.28. The Kier molecular flexibility index (Phi) is 3.26. The largest absolute Gasteiger partial charge is 0.360 e. The summed E-state index contributed by atoms with van der Waals surface area (Å²) < 4.78 is 32.3. The molecule has 0 saturated heterocycles. The van der Waals surface area contributed by atoms with E-state index in [2.05, 4.69) is 5.16 Å². The van der Waals surface area contributed by atoms with E-state index in [1.165, 1.54) is 4.31 Å². The van der Waals surface area contributed by atoms with Crippen molar-refractivity contribution in [2.24, 2.45) is 5.73 Å². The van der Waals surface area contributed by atoms with E-state index >= 15 is 0 Å². The van der Waals surface area contributed by atoms with E-state index in [9.17, 15) is 8.42 Å². The zero-order chi connectivity index (χ0) is 15.2. The molecule has 1 atom stereocenters. The fraction of sp³-hybridized carbons (Fsp3) is 0.357. The molecule has 2 aromatic rings. The smallest absolute Gasteiger partial charge is 0.269 e. The molecular weight excluding hydrogens is 290 g/mol. The SMILES string of the molecule is Cc1noc(C)c1S(=O)(=O)N1CC(N)Cc2ccccc21. The highest BCUT2D eigenvalue weighted by Gasteiger charge is 2.35. The van der Waals surface area contributed by atoms with Crippen molar-refractivity contribution in [3.63, 3.8) is 0 Å². The maximum absolute atomic E-state index is 13.0. The van der Waals surface area contributed by atoms with Gasteiger partial charge in [-0.15, -0.1) is 0 Å². The monoisotopic (exact) mass is 307 g/mol. The Morgan fingerprint density at radius 2 is 2.05 bits per heavy atom. The van der Waals surface area contributed by atoms with Crippen LogP contribution in [-0.2, 0) is 16.4 Å². The molecule has 1 aliphatic rings. The van der Waals surface area contributed by atoms with Crippen molar-refractivity contribution in [3.8, 4) is 0 Å². The van der Waals surface area contributed by atoms with Gasteiger partial charge in [0, 0.05) is 12.6 Å². The molecular formula is C14H17N3O3S. The van der Waals surface area contributed by atoms with Crippen molar-refractivity contribution in [1.82, 2.24) is 5.16 Å². The molecule has 3 rings (SSSR count). The van der Waals surface area contributed by atoms with E-state index in [0.29, 0.717) is 23.6 Å². The van der Waals surface area contributed by atoms with Crippen LogP contribution in [0.4, 0.5) is 5.69 Å². The van der Waals surface area contributed by atoms with Gasteiger partial charge in [-0.25, -0.2) is 8.42 Å². The van der Waals surface area contributed by atoms with Gasteiger partial charge < -0.3 is 10.3 Å². The van der Waals surface area contributed by atoms with E-state index in [0.717, 1.165) is 5.56 Å². The molecule has 21 heavy (non-hydrogen) atoms. The first kappa shape index (κ1) is 14.1. The van der Waals surface area contributed by atoms with Gasteiger partial charge in [0.15, 0.2) is 10.7 Å². The molecule has 1 aromatic heterocycles. The molecule has 0 fully saturated rings. The van der Waals surface area contributed by atoms with Crippen LogP contribution in [0.15, 0.2) is 33.7 Å². The topological polar surface area (TPSA) is 89.4 Å². The zero-order valence-electron chi connectivity index (χ0n) is 11.9. The molecule has 2 heterocycles. The number of benzene rings is 1. The molecule has 0 bridgehead atoms. The second kappa shape index (κ2) is 4.85. The van der Waals surface area contributed by atoms with Gasteiger partial charge >= 0.3 is 0 Å². The Morgan fingerprint density at radius 1 is 1.33 bits per heavy atom. The first-order chi connectivity index (χ1) is 9.91. The Labute approximate surface area is 123 Å². The average molecular weight is 307 g/mol. The number of aromatic nitrogens is 1. The average Bonchev–Trinajstić information content (AvgIpc) is 2.77. The van der Waals surface area contributed by atoms with Crippen molar-refractivity contribution in [3.05, 3.63) is 41.3 Å². The highest BCUT2D eigenvalue weighted by atomic mass is 32.2. The first-order valence-electron chi connectivity index (χ1n) is 6.70. The third-order valence-electron chi connectivity index (χ3n) is 3.66. The minimum Gasteiger partial charge on any atom is -0.360 e. The normalized spacial score (nSPS) is 18.6. The minimum atomic E-state index is -3.73. The summed E-state index contributed by atoms with van der Waals surface area (Å²) in [6, 6.07) is 7.19. The molecule has 1 aliphatic heterocycles. The molecule has 0 saturated carbocycles. The summed E-state index contributed by atoms with van der Waals surface area (Å²) >= 11 is 0. The molecule has 0 radical (unpaired) electrons. The number of hydrogen-bond donors (Lipinski definition) is 1. The summed E-state index contributed by atoms with van der Waals surface area (Å²) in [6.45, 7) is 3.48. The van der Waals surface area contributed by atoms with Crippen LogP contribution >= 0.6 is 0 Å². The lowest BCUT2D eigenvalue weighted by Gasteiger charge is -2.33. The predicted octanol–water partition coefficient (Wildman–Crippen LogP) is 1.37. The molecule has 1 aromatic carbocycles. The van der Waals surface area contributed by atoms with Gasteiger partial charge in [-0.05, 0) is 31.9 Å². The molecule has 0 amide bonds. The van der Waals surface area contributed by atoms with E-state index in [1.807, 2.05) is 18.2 Å². The van der Waals surface area contributed by atoms with Crippen molar-refractivity contribution < 1.29 is 12.9 Å². The van der Waals surface area contributed by atoms with E-state index in [4.69, 9.17) is 10.3 Å². The van der Waals surface area contributed by atoms with Crippen LogP contribution in [-0.4, -0.2) is 26.2 Å². The number of rotatable bonds is 2. The van der Waals surface area contributed by atoms with Crippen molar-refractivity contribution in [2.75, 3.05) is 10.8 Å². The fourth-order valence-electron chi connectivity index (χ4n) is 2.77. The molecule has 6 nitrogen and oxygen atoms in total. The van der Waals surface area contributed by atoms with Gasteiger partial charge in [-0.2, -0.15) is 0 Å². The molecule has 112 valence electrons. The van der Waals surface area contributed by atoms with Crippen LogP contribution in [0.5, 0.6) is 0 Å². The van der Waals surface area contributed by atoms with E-state index in [-0.39, 0.29) is 17.5 Å². The van der Waals surface area contributed by atoms with Crippen LogP contribution in [0.1, 0.15) is 17.0 Å². The van der Waals surface area contributed by atoms with Crippen LogP contribution in [0.2, 0.25) is 0 Å². The van der Waals surface area contributed by atoms with Gasteiger partial charge in [0.25, 0.3) is 10.0 Å². The van der Waals surface area contributed by atoms with Crippen LogP contribution in [0, 0.1) is 13.8 Å². The molecule has 0 aliphatic carbocycles. The van der Waals surface area contributed by atoms with Crippen molar-refractivity contribution in [2.45, 2.75) is 31.2 Å². The molecule has 2 N–H and O–H groups in total. The molecule has 7 heteroatoms. The summed E-state index contributed by atoms with van der Waals surface area (Å²) in [4.78, 5) is 0.131. The van der Waals surface area contributed by atoms with E-state index in [1.54, 1.807) is 19.9 Å². The maximum Gasteiger partial charge on any atom is 0.269 e. The van der Waals surface area contributed by atoms with Gasteiger partial charge in [0.05, 0.1) is 5.69 Å². The lowest BCUT2D eigenvalue weighted by molar-refractivity contribution is 0.390. The Hall–Kier alpha value is -1.86. The van der Waals surface area contributed by atoms with Gasteiger partial charge in [0.2, 0.25) is 0 Å². The lowest BCUT2D eigenvalue weighted by Crippen LogP contribution is -2.46. The number of sulfonamides is 1. The number of hydrogen-bond acceptors (Lipinski definition) is 5. The Morgan fingerprint density at radius 3 is 2.71 bits per heavy atom. The molecule has 1 unspecified atom stereocenters. The number of aryl methyl sites for hydroxylation is 2. The fourth-order valence-corrected chi connectivity index (χ4v) is 4.62. The Bertz CT molecular complexity index is 763. The molecule has 0 spiro atoms.